The smallest absolute Gasteiger partial charge is 0.350 e. The van der Waals surface area contributed by atoms with E-state index in [-0.39, 0.29) is 41.1 Å². The Labute approximate surface area is 213 Å². The van der Waals surface area contributed by atoms with Crippen molar-refractivity contribution in [1.29, 1.82) is 5.26 Å². The second-order valence-corrected chi connectivity index (χ2v) is 10.2. The Hall–Kier alpha value is -3.96. The van der Waals surface area contributed by atoms with Crippen LogP contribution in [0.2, 0.25) is 0 Å². The van der Waals surface area contributed by atoms with Gasteiger partial charge in [-0.2, -0.15) is 22.7 Å². The molecule has 1 saturated heterocycles. The van der Waals surface area contributed by atoms with E-state index in [1.165, 1.54) is 18.2 Å². The summed E-state index contributed by atoms with van der Waals surface area (Å²) in [6.45, 7) is -0.573. The highest BCUT2D eigenvalue weighted by molar-refractivity contribution is 7.89. The molecule has 1 fully saturated rings. The molecule has 8 nitrogen and oxygen atoms in total. The summed E-state index contributed by atoms with van der Waals surface area (Å²) in [6, 6.07) is 8.40. The molecule has 2 atom stereocenters. The first-order valence-electron chi connectivity index (χ1n) is 11.0. The molecule has 0 spiro atoms. The lowest BCUT2D eigenvalue weighted by Crippen LogP contribution is -2.49. The molecule has 1 aliphatic rings. The first-order chi connectivity index (χ1) is 17.9. The lowest BCUT2D eigenvalue weighted by atomic mass is 10.0. The monoisotopic (exact) mass is 551 g/mol. The SMILES string of the molecule is N#Cc1ccc(-c2cnc(C(F)(F)F)nc2)cc1CNC(=O)[C@@H]1[C@@H](F)CCN1S(=O)(=O)c1ccc(F)cc1. The van der Waals surface area contributed by atoms with Gasteiger partial charge in [-0.05, 0) is 53.9 Å². The predicted molar refractivity (Wildman–Crippen MR) is 123 cm³/mol. The van der Waals surface area contributed by atoms with E-state index in [0.29, 0.717) is 9.87 Å². The number of rotatable bonds is 6. The summed E-state index contributed by atoms with van der Waals surface area (Å²) < 4.78 is 92.9. The van der Waals surface area contributed by atoms with Gasteiger partial charge in [-0.25, -0.2) is 27.2 Å². The topological polar surface area (TPSA) is 116 Å². The first kappa shape index (κ1) is 27.1. The quantitative estimate of drug-likeness (QED) is 0.468. The van der Waals surface area contributed by atoms with Gasteiger partial charge in [-0.15, -0.1) is 0 Å². The number of sulfonamides is 1. The summed E-state index contributed by atoms with van der Waals surface area (Å²) in [5.41, 5.74) is 0.943. The van der Waals surface area contributed by atoms with Crippen molar-refractivity contribution in [2.45, 2.75) is 36.3 Å². The zero-order valence-corrected chi connectivity index (χ0v) is 20.1. The number of halogens is 5. The maximum absolute atomic E-state index is 14.7. The zero-order chi connectivity index (χ0) is 27.7. The molecule has 38 heavy (non-hydrogen) atoms. The summed E-state index contributed by atoms with van der Waals surface area (Å²) in [7, 11) is -4.32. The number of aromatic nitrogens is 2. The Bertz CT molecular complexity index is 1490. The van der Waals surface area contributed by atoms with Crippen molar-refractivity contribution in [3.05, 3.63) is 77.6 Å². The maximum atomic E-state index is 14.7. The summed E-state index contributed by atoms with van der Waals surface area (Å²) >= 11 is 0. The van der Waals surface area contributed by atoms with Gasteiger partial charge in [0.25, 0.3) is 0 Å². The Morgan fingerprint density at radius 3 is 2.37 bits per heavy atom. The minimum atomic E-state index is -4.72. The molecule has 1 amide bonds. The number of carbonyl (C=O) groups is 1. The van der Waals surface area contributed by atoms with E-state index in [2.05, 4.69) is 15.3 Å². The highest BCUT2D eigenvalue weighted by Crippen LogP contribution is 2.30. The third-order valence-corrected chi connectivity index (χ3v) is 7.78. The lowest BCUT2D eigenvalue weighted by Gasteiger charge is -2.24. The summed E-state index contributed by atoms with van der Waals surface area (Å²) in [4.78, 5) is 19.2. The minimum Gasteiger partial charge on any atom is -0.350 e. The Morgan fingerprint density at radius 2 is 1.76 bits per heavy atom. The van der Waals surface area contributed by atoms with Gasteiger partial charge in [0, 0.05) is 31.0 Å². The molecule has 4 rings (SSSR count). The predicted octanol–water partition coefficient (Wildman–Crippen LogP) is 3.59. The van der Waals surface area contributed by atoms with Crippen LogP contribution in [0.3, 0.4) is 0 Å². The fraction of sp³-hybridized carbons (Fsp3) is 0.250. The van der Waals surface area contributed by atoms with Gasteiger partial charge in [-0.1, -0.05) is 6.07 Å². The number of nitrogens with one attached hydrogen (secondary N) is 1. The van der Waals surface area contributed by atoms with Gasteiger partial charge in [-0.3, -0.25) is 4.79 Å². The number of hydrogen-bond acceptors (Lipinski definition) is 6. The van der Waals surface area contributed by atoms with Crippen LogP contribution in [-0.4, -0.2) is 47.4 Å². The molecule has 2 heterocycles. The molecule has 1 aromatic heterocycles. The highest BCUT2D eigenvalue weighted by Gasteiger charge is 2.46. The van der Waals surface area contributed by atoms with E-state index < -0.39 is 46.0 Å². The van der Waals surface area contributed by atoms with Crippen molar-refractivity contribution in [3.63, 3.8) is 0 Å². The number of carbonyl (C=O) groups excluding carboxylic acids is 1. The van der Waals surface area contributed by atoms with Crippen LogP contribution in [0.4, 0.5) is 22.0 Å². The number of nitrogens with zero attached hydrogens (tertiary/aromatic N) is 4. The molecule has 14 heteroatoms. The van der Waals surface area contributed by atoms with Crippen LogP contribution >= 0.6 is 0 Å². The number of benzene rings is 2. The third kappa shape index (κ3) is 5.48. The van der Waals surface area contributed by atoms with E-state index in [1.807, 2.05) is 6.07 Å². The fourth-order valence-corrected chi connectivity index (χ4v) is 5.60. The molecule has 1 aliphatic heterocycles. The fourth-order valence-electron chi connectivity index (χ4n) is 3.97. The minimum absolute atomic E-state index is 0.126. The standard InChI is InChI=1S/C24H18F5N5O3S/c25-18-3-5-19(6-4-18)38(36,37)34-8-7-20(26)21(34)22(35)31-11-16-9-14(1-2-15(16)10-30)17-12-32-23(33-13-17)24(27,28)29/h1-6,9,12-13,20-21H,7-8,11H2,(H,31,35)/t20-,21-/m0/s1. The van der Waals surface area contributed by atoms with Gasteiger partial charge >= 0.3 is 6.18 Å². The van der Waals surface area contributed by atoms with E-state index in [0.717, 1.165) is 36.7 Å². The largest absolute Gasteiger partial charge is 0.451 e. The molecular weight excluding hydrogens is 533 g/mol. The molecule has 198 valence electrons. The normalized spacial score (nSPS) is 18.2. The molecule has 2 aromatic carbocycles. The van der Waals surface area contributed by atoms with Gasteiger partial charge < -0.3 is 5.32 Å². The number of nitriles is 1. The lowest BCUT2D eigenvalue weighted by molar-refractivity contribution is -0.145. The van der Waals surface area contributed by atoms with Gasteiger partial charge in [0.05, 0.1) is 16.5 Å². The van der Waals surface area contributed by atoms with E-state index >= 15 is 0 Å². The average molecular weight is 551 g/mol. The molecule has 0 radical (unpaired) electrons. The molecule has 0 unspecified atom stereocenters. The molecule has 0 aliphatic carbocycles. The third-order valence-electron chi connectivity index (χ3n) is 5.88. The zero-order valence-electron chi connectivity index (χ0n) is 19.3. The maximum Gasteiger partial charge on any atom is 0.451 e. The average Bonchev–Trinajstić information content (AvgIpc) is 3.29. The number of hydrogen-bond donors (Lipinski definition) is 1. The van der Waals surface area contributed by atoms with Gasteiger partial charge in [0.1, 0.15) is 18.0 Å². The van der Waals surface area contributed by atoms with Crippen molar-refractivity contribution in [2.75, 3.05) is 6.54 Å². The number of amides is 1. The van der Waals surface area contributed by atoms with Crippen molar-refractivity contribution in [1.82, 2.24) is 19.6 Å². The Balaban J connectivity index is 1.54. The second kappa shape index (κ2) is 10.4. The molecule has 3 aromatic rings. The Kier molecular flexibility index (Phi) is 7.43. The van der Waals surface area contributed by atoms with Crippen LogP contribution in [0.25, 0.3) is 11.1 Å². The van der Waals surface area contributed by atoms with Crippen LogP contribution in [0, 0.1) is 17.1 Å². The van der Waals surface area contributed by atoms with Gasteiger partial charge in [0.2, 0.25) is 21.8 Å². The van der Waals surface area contributed by atoms with E-state index in [1.54, 1.807) is 0 Å². The molecule has 1 N–H and O–H groups in total. The summed E-state index contributed by atoms with van der Waals surface area (Å²) in [5.74, 6) is -2.94. The molecule has 0 bridgehead atoms. The summed E-state index contributed by atoms with van der Waals surface area (Å²) in [5, 5.41) is 11.9. The Morgan fingerprint density at radius 1 is 1.11 bits per heavy atom. The van der Waals surface area contributed by atoms with Crippen LogP contribution in [0.1, 0.15) is 23.4 Å². The van der Waals surface area contributed by atoms with Crippen LogP contribution in [0.15, 0.2) is 59.8 Å². The van der Waals surface area contributed by atoms with Crippen LogP contribution in [-0.2, 0) is 27.5 Å². The van der Waals surface area contributed by atoms with Crippen molar-refractivity contribution in [2.24, 2.45) is 0 Å². The van der Waals surface area contributed by atoms with Crippen molar-refractivity contribution in [3.8, 4) is 17.2 Å². The van der Waals surface area contributed by atoms with Crippen molar-refractivity contribution >= 4 is 15.9 Å². The molecular formula is C24H18F5N5O3S. The van der Waals surface area contributed by atoms with Crippen LogP contribution in [0.5, 0.6) is 0 Å². The highest BCUT2D eigenvalue weighted by atomic mass is 32.2. The van der Waals surface area contributed by atoms with E-state index in [4.69, 9.17) is 0 Å². The summed E-state index contributed by atoms with van der Waals surface area (Å²) in [6.07, 6.45) is -4.83. The second-order valence-electron chi connectivity index (χ2n) is 8.31. The van der Waals surface area contributed by atoms with E-state index in [9.17, 15) is 40.4 Å². The van der Waals surface area contributed by atoms with Gasteiger partial charge in [0.15, 0.2) is 0 Å². The van der Waals surface area contributed by atoms with Crippen LogP contribution < -0.4 is 5.32 Å². The first-order valence-corrected chi connectivity index (χ1v) is 12.5. The molecule has 0 saturated carbocycles. The van der Waals surface area contributed by atoms with Crippen molar-refractivity contribution < 1.29 is 35.2 Å². The number of alkyl halides is 4.